The maximum atomic E-state index is 13.7. The summed E-state index contributed by atoms with van der Waals surface area (Å²) in [5, 5.41) is 5.91. The number of aromatic nitrogens is 2. The SMILES string of the molecule is O=C(NCCCOCCc1ccccc1)c1cnn(-c2cccc(C(F)(F)F)c2)c1C(F)(F)F. The molecule has 11 heteroatoms. The molecule has 1 amide bonds. The number of rotatable bonds is 9. The highest BCUT2D eigenvalue weighted by atomic mass is 19.4. The summed E-state index contributed by atoms with van der Waals surface area (Å²) in [4.78, 5) is 12.4. The molecule has 0 aliphatic rings. The van der Waals surface area contributed by atoms with Gasteiger partial charge in [-0.3, -0.25) is 4.79 Å². The summed E-state index contributed by atoms with van der Waals surface area (Å²) in [5.74, 6) is -1.03. The van der Waals surface area contributed by atoms with Gasteiger partial charge in [0.2, 0.25) is 0 Å². The van der Waals surface area contributed by atoms with Gasteiger partial charge in [0, 0.05) is 13.2 Å². The summed E-state index contributed by atoms with van der Waals surface area (Å²) in [6, 6.07) is 12.9. The Balaban J connectivity index is 1.61. The van der Waals surface area contributed by atoms with Crippen molar-refractivity contribution < 1.29 is 35.9 Å². The average molecular weight is 485 g/mol. The van der Waals surface area contributed by atoms with Crippen molar-refractivity contribution in [3.8, 4) is 5.69 Å². The van der Waals surface area contributed by atoms with Crippen molar-refractivity contribution in [1.29, 1.82) is 0 Å². The van der Waals surface area contributed by atoms with E-state index in [2.05, 4.69) is 10.4 Å². The van der Waals surface area contributed by atoms with E-state index in [-0.39, 0.29) is 11.2 Å². The van der Waals surface area contributed by atoms with E-state index < -0.39 is 40.8 Å². The third-order valence-electron chi connectivity index (χ3n) is 4.83. The lowest BCUT2D eigenvalue weighted by molar-refractivity contribution is -0.143. The van der Waals surface area contributed by atoms with Crippen LogP contribution in [0.1, 0.15) is 33.6 Å². The van der Waals surface area contributed by atoms with Crippen LogP contribution >= 0.6 is 0 Å². The van der Waals surface area contributed by atoms with Crippen LogP contribution in [-0.4, -0.2) is 35.4 Å². The van der Waals surface area contributed by atoms with E-state index in [1.165, 1.54) is 0 Å². The number of nitrogens with one attached hydrogen (secondary N) is 1. The summed E-state index contributed by atoms with van der Waals surface area (Å²) in [6.07, 6.45) is -8.02. The van der Waals surface area contributed by atoms with Crippen LogP contribution in [0.2, 0.25) is 0 Å². The average Bonchev–Trinajstić information content (AvgIpc) is 3.25. The molecule has 0 saturated heterocycles. The highest BCUT2D eigenvalue weighted by molar-refractivity contribution is 5.95. The lowest BCUT2D eigenvalue weighted by Crippen LogP contribution is -2.28. The molecule has 0 radical (unpaired) electrons. The maximum Gasteiger partial charge on any atom is 0.434 e. The minimum Gasteiger partial charge on any atom is -0.381 e. The van der Waals surface area contributed by atoms with Gasteiger partial charge in [0.05, 0.1) is 29.6 Å². The molecule has 3 aromatic rings. The first kappa shape index (κ1) is 25.3. The Morgan fingerprint density at radius 3 is 2.35 bits per heavy atom. The van der Waals surface area contributed by atoms with Gasteiger partial charge in [0.15, 0.2) is 5.69 Å². The van der Waals surface area contributed by atoms with E-state index in [1.807, 2.05) is 30.3 Å². The number of alkyl halides is 6. The molecule has 5 nitrogen and oxygen atoms in total. The zero-order valence-electron chi connectivity index (χ0n) is 17.8. The molecule has 1 heterocycles. The minimum atomic E-state index is -5.03. The fraction of sp³-hybridized carbons (Fsp3) is 0.304. The van der Waals surface area contributed by atoms with E-state index in [0.29, 0.717) is 38.3 Å². The molecule has 34 heavy (non-hydrogen) atoms. The Morgan fingerprint density at radius 2 is 1.68 bits per heavy atom. The standard InChI is InChI=1S/C23H21F6N3O2/c24-22(25,26)17-8-4-9-18(14-17)32-20(23(27,28)29)19(15-31-32)21(33)30-11-5-12-34-13-10-16-6-2-1-3-7-16/h1-4,6-9,14-15H,5,10-13H2,(H,30,33). The highest BCUT2D eigenvalue weighted by Gasteiger charge is 2.41. The fourth-order valence-electron chi connectivity index (χ4n) is 3.21. The second kappa shape index (κ2) is 10.7. The van der Waals surface area contributed by atoms with Crippen LogP contribution in [0.25, 0.3) is 5.69 Å². The largest absolute Gasteiger partial charge is 0.434 e. The zero-order valence-corrected chi connectivity index (χ0v) is 17.8. The van der Waals surface area contributed by atoms with Crippen LogP contribution in [0.3, 0.4) is 0 Å². The number of benzene rings is 2. The van der Waals surface area contributed by atoms with Crippen LogP contribution in [0.5, 0.6) is 0 Å². The summed E-state index contributed by atoms with van der Waals surface area (Å²) in [6.45, 7) is 0.804. The molecule has 182 valence electrons. The molecule has 0 unspecified atom stereocenters. The molecule has 0 fully saturated rings. The van der Waals surface area contributed by atoms with Crippen LogP contribution in [0.15, 0.2) is 60.8 Å². The first-order valence-electron chi connectivity index (χ1n) is 10.3. The molecular weight excluding hydrogens is 464 g/mol. The van der Waals surface area contributed by atoms with Crippen LogP contribution < -0.4 is 5.32 Å². The molecule has 0 spiro atoms. The van der Waals surface area contributed by atoms with Gasteiger partial charge in [-0.1, -0.05) is 36.4 Å². The molecule has 2 aromatic carbocycles. The van der Waals surface area contributed by atoms with Crippen LogP contribution in [0.4, 0.5) is 26.3 Å². The van der Waals surface area contributed by atoms with Gasteiger partial charge in [0.1, 0.15) is 0 Å². The predicted molar refractivity (Wildman–Crippen MR) is 111 cm³/mol. The Hall–Kier alpha value is -3.34. The highest BCUT2D eigenvalue weighted by Crippen LogP contribution is 2.35. The van der Waals surface area contributed by atoms with Gasteiger partial charge >= 0.3 is 12.4 Å². The first-order valence-corrected chi connectivity index (χ1v) is 10.3. The number of nitrogens with zero attached hydrogens (tertiary/aromatic N) is 2. The normalized spacial score (nSPS) is 12.1. The van der Waals surface area contributed by atoms with Gasteiger partial charge in [-0.15, -0.1) is 0 Å². The van der Waals surface area contributed by atoms with Gasteiger partial charge in [0.25, 0.3) is 5.91 Å². The third kappa shape index (κ3) is 6.60. The molecule has 0 atom stereocenters. The minimum absolute atomic E-state index is 0.0518. The Bertz CT molecular complexity index is 1090. The second-order valence-electron chi connectivity index (χ2n) is 7.32. The monoisotopic (exact) mass is 485 g/mol. The second-order valence-corrected chi connectivity index (χ2v) is 7.32. The topological polar surface area (TPSA) is 56.1 Å². The fourth-order valence-corrected chi connectivity index (χ4v) is 3.21. The molecule has 0 saturated carbocycles. The Morgan fingerprint density at radius 1 is 0.941 bits per heavy atom. The van der Waals surface area contributed by atoms with Gasteiger partial charge < -0.3 is 10.1 Å². The molecule has 1 N–H and O–H groups in total. The summed E-state index contributed by atoms with van der Waals surface area (Å²) in [5.41, 5.74) is -2.73. The Kier molecular flexibility index (Phi) is 7.98. The number of hydrogen-bond donors (Lipinski definition) is 1. The van der Waals surface area contributed by atoms with Crippen molar-refractivity contribution in [1.82, 2.24) is 15.1 Å². The number of halogens is 6. The molecule has 0 aliphatic heterocycles. The number of carbonyl (C=O) groups excluding carboxylic acids is 1. The lowest BCUT2D eigenvalue weighted by Gasteiger charge is -2.14. The van der Waals surface area contributed by atoms with E-state index in [1.54, 1.807) is 0 Å². The number of carbonyl (C=O) groups is 1. The first-order chi connectivity index (χ1) is 16.1. The van der Waals surface area contributed by atoms with E-state index >= 15 is 0 Å². The summed E-state index contributed by atoms with van der Waals surface area (Å²) < 4.78 is 85.8. The number of hydrogen-bond acceptors (Lipinski definition) is 3. The molecule has 0 aliphatic carbocycles. The zero-order chi connectivity index (χ0) is 24.8. The van der Waals surface area contributed by atoms with Crippen LogP contribution in [0, 0.1) is 0 Å². The van der Waals surface area contributed by atoms with Crippen molar-refractivity contribution in [2.45, 2.75) is 25.2 Å². The van der Waals surface area contributed by atoms with Crippen LogP contribution in [-0.2, 0) is 23.5 Å². The quantitative estimate of drug-likeness (QED) is 0.331. The van der Waals surface area contributed by atoms with Crippen molar-refractivity contribution in [2.24, 2.45) is 0 Å². The van der Waals surface area contributed by atoms with Crippen molar-refractivity contribution in [2.75, 3.05) is 19.8 Å². The van der Waals surface area contributed by atoms with Crippen molar-refractivity contribution in [3.05, 3.63) is 83.2 Å². The lowest BCUT2D eigenvalue weighted by atomic mass is 10.1. The summed E-state index contributed by atoms with van der Waals surface area (Å²) >= 11 is 0. The molecule has 0 bridgehead atoms. The molecular formula is C23H21F6N3O2. The summed E-state index contributed by atoms with van der Waals surface area (Å²) in [7, 11) is 0. The van der Waals surface area contributed by atoms with Crippen molar-refractivity contribution in [3.63, 3.8) is 0 Å². The molecule has 1 aromatic heterocycles. The van der Waals surface area contributed by atoms with E-state index in [0.717, 1.165) is 23.8 Å². The van der Waals surface area contributed by atoms with Crippen molar-refractivity contribution >= 4 is 5.91 Å². The molecule has 3 rings (SSSR count). The van der Waals surface area contributed by atoms with E-state index in [4.69, 9.17) is 4.74 Å². The van der Waals surface area contributed by atoms with Gasteiger partial charge in [-0.2, -0.15) is 31.4 Å². The van der Waals surface area contributed by atoms with E-state index in [9.17, 15) is 31.1 Å². The smallest absolute Gasteiger partial charge is 0.381 e. The maximum absolute atomic E-state index is 13.7. The number of amides is 1. The predicted octanol–water partition coefficient (Wildman–Crippen LogP) is 5.29. The Labute approximate surface area is 191 Å². The van der Waals surface area contributed by atoms with Gasteiger partial charge in [-0.25, -0.2) is 4.68 Å². The van der Waals surface area contributed by atoms with Gasteiger partial charge in [-0.05, 0) is 36.6 Å². The number of ether oxygens (including phenoxy) is 1. The third-order valence-corrected chi connectivity index (χ3v) is 4.83.